The molecule has 0 saturated heterocycles. The van der Waals surface area contributed by atoms with Crippen LogP contribution in [0.5, 0.6) is 0 Å². The highest BCUT2D eigenvalue weighted by Gasteiger charge is 2.20. The summed E-state index contributed by atoms with van der Waals surface area (Å²) in [5.41, 5.74) is 0.225. The zero-order valence-corrected chi connectivity index (χ0v) is 12.7. The third-order valence-corrected chi connectivity index (χ3v) is 3.42. The molecule has 3 rings (SSSR count). The van der Waals surface area contributed by atoms with E-state index in [-0.39, 0.29) is 33.7 Å². The summed E-state index contributed by atoms with van der Waals surface area (Å²) in [5.74, 6) is -0.602. The molecule has 0 spiro atoms. The Labute approximate surface area is 140 Å². The lowest BCUT2D eigenvalue weighted by Gasteiger charge is -2.02. The van der Waals surface area contributed by atoms with Crippen molar-refractivity contribution in [3.8, 4) is 11.5 Å². The van der Waals surface area contributed by atoms with Crippen LogP contribution in [-0.4, -0.2) is 21.0 Å². The second-order valence-corrected chi connectivity index (χ2v) is 5.03. The lowest BCUT2D eigenvalue weighted by Crippen LogP contribution is -2.12. The summed E-state index contributed by atoms with van der Waals surface area (Å²) in [6.07, 6.45) is 0. The average Bonchev–Trinajstić information content (AvgIpc) is 3.03. The van der Waals surface area contributed by atoms with E-state index in [4.69, 9.17) is 16.0 Å². The molecule has 8 nitrogen and oxygen atoms in total. The number of rotatable bonds is 4. The fourth-order valence-electron chi connectivity index (χ4n) is 2.01. The van der Waals surface area contributed by atoms with E-state index in [1.807, 2.05) is 0 Å². The Bertz CT molecular complexity index is 925. The Morgan fingerprint density at radius 2 is 1.83 bits per heavy atom. The number of benzene rings is 2. The SMILES string of the molecule is O=C(Nc1nnc(-c2ccccc2[N+](=O)[O-])o1)c1ccccc1Cl. The van der Waals surface area contributed by atoms with Gasteiger partial charge in [0.05, 0.1) is 15.5 Å². The molecule has 0 radical (unpaired) electrons. The first kappa shape index (κ1) is 15.6. The molecule has 1 amide bonds. The van der Waals surface area contributed by atoms with Gasteiger partial charge in [0, 0.05) is 6.07 Å². The maximum Gasteiger partial charge on any atom is 0.322 e. The van der Waals surface area contributed by atoms with Crippen LogP contribution in [-0.2, 0) is 0 Å². The zero-order valence-electron chi connectivity index (χ0n) is 12.0. The van der Waals surface area contributed by atoms with Crippen molar-refractivity contribution in [2.75, 3.05) is 5.32 Å². The largest absolute Gasteiger partial charge is 0.403 e. The lowest BCUT2D eigenvalue weighted by molar-refractivity contribution is -0.384. The molecule has 9 heteroatoms. The number of nitro benzene ring substituents is 1. The molecule has 0 bridgehead atoms. The normalized spacial score (nSPS) is 10.4. The highest BCUT2D eigenvalue weighted by molar-refractivity contribution is 6.34. The van der Waals surface area contributed by atoms with Crippen LogP contribution in [0.2, 0.25) is 5.02 Å². The van der Waals surface area contributed by atoms with Gasteiger partial charge in [0.2, 0.25) is 0 Å². The first-order valence-electron chi connectivity index (χ1n) is 6.69. The van der Waals surface area contributed by atoms with Crippen molar-refractivity contribution in [1.29, 1.82) is 0 Å². The van der Waals surface area contributed by atoms with Gasteiger partial charge < -0.3 is 4.42 Å². The van der Waals surface area contributed by atoms with Gasteiger partial charge in [-0.3, -0.25) is 20.2 Å². The van der Waals surface area contributed by atoms with Crippen molar-refractivity contribution in [1.82, 2.24) is 10.2 Å². The van der Waals surface area contributed by atoms with Crippen LogP contribution in [0.1, 0.15) is 10.4 Å². The molecule has 0 fully saturated rings. The molecule has 0 atom stereocenters. The van der Waals surface area contributed by atoms with Gasteiger partial charge in [-0.15, -0.1) is 5.10 Å². The lowest BCUT2D eigenvalue weighted by atomic mass is 10.2. The van der Waals surface area contributed by atoms with Gasteiger partial charge in [0.1, 0.15) is 5.56 Å². The number of aromatic nitrogens is 2. The van der Waals surface area contributed by atoms with Gasteiger partial charge in [-0.25, -0.2) is 0 Å². The molecule has 1 N–H and O–H groups in total. The number of carbonyl (C=O) groups is 1. The van der Waals surface area contributed by atoms with Gasteiger partial charge >= 0.3 is 6.01 Å². The third kappa shape index (κ3) is 3.08. The fourth-order valence-corrected chi connectivity index (χ4v) is 2.23. The Morgan fingerprint density at radius 1 is 1.12 bits per heavy atom. The Hall–Kier alpha value is -3.26. The fraction of sp³-hybridized carbons (Fsp3) is 0. The van der Waals surface area contributed by atoms with Gasteiger partial charge in [0.25, 0.3) is 17.5 Å². The first-order valence-corrected chi connectivity index (χ1v) is 7.07. The molecule has 0 unspecified atom stereocenters. The zero-order chi connectivity index (χ0) is 17.1. The predicted molar refractivity (Wildman–Crippen MR) is 85.8 cm³/mol. The Kier molecular flexibility index (Phi) is 4.21. The Balaban J connectivity index is 1.86. The molecule has 2 aromatic carbocycles. The number of hydrogen-bond acceptors (Lipinski definition) is 6. The highest BCUT2D eigenvalue weighted by Crippen LogP contribution is 2.29. The molecular formula is C15H9ClN4O4. The predicted octanol–water partition coefficient (Wildman–Crippen LogP) is 3.55. The van der Waals surface area contributed by atoms with Crippen LogP contribution in [0.4, 0.5) is 11.7 Å². The smallest absolute Gasteiger partial charge is 0.322 e. The summed E-state index contributed by atoms with van der Waals surface area (Å²) in [5, 5.41) is 21.1. The summed E-state index contributed by atoms with van der Waals surface area (Å²) in [6.45, 7) is 0. The van der Waals surface area contributed by atoms with Crippen LogP contribution in [0.25, 0.3) is 11.5 Å². The molecule has 0 aliphatic rings. The standard InChI is InChI=1S/C15H9ClN4O4/c16-11-7-3-1-5-9(11)13(21)17-15-19-18-14(24-15)10-6-2-4-8-12(10)20(22)23/h1-8H,(H,17,19,21). The summed E-state index contributed by atoms with van der Waals surface area (Å²) in [7, 11) is 0. The van der Waals surface area contributed by atoms with Crippen molar-refractivity contribution >= 4 is 29.2 Å². The van der Waals surface area contributed by atoms with Crippen LogP contribution in [0, 0.1) is 10.1 Å². The van der Waals surface area contributed by atoms with Crippen molar-refractivity contribution in [2.45, 2.75) is 0 Å². The monoisotopic (exact) mass is 344 g/mol. The number of para-hydroxylation sites is 1. The number of nitrogens with zero attached hydrogens (tertiary/aromatic N) is 3. The van der Waals surface area contributed by atoms with Crippen molar-refractivity contribution in [2.24, 2.45) is 0 Å². The topological polar surface area (TPSA) is 111 Å². The van der Waals surface area contributed by atoms with E-state index in [0.717, 1.165) is 0 Å². The van der Waals surface area contributed by atoms with Crippen LogP contribution >= 0.6 is 11.6 Å². The number of amides is 1. The second kappa shape index (κ2) is 6.47. The van der Waals surface area contributed by atoms with Gasteiger partial charge in [-0.2, -0.15) is 0 Å². The van der Waals surface area contributed by atoms with E-state index in [1.165, 1.54) is 24.3 Å². The molecule has 1 heterocycles. The molecule has 0 aliphatic carbocycles. The van der Waals surface area contributed by atoms with Crippen LogP contribution in [0.3, 0.4) is 0 Å². The third-order valence-electron chi connectivity index (χ3n) is 3.10. The summed E-state index contributed by atoms with van der Waals surface area (Å²) in [6, 6.07) is 12.2. The number of nitrogens with one attached hydrogen (secondary N) is 1. The number of anilines is 1. The van der Waals surface area contributed by atoms with E-state index in [1.54, 1.807) is 24.3 Å². The molecule has 120 valence electrons. The molecule has 0 aliphatic heterocycles. The van der Waals surface area contributed by atoms with E-state index in [0.29, 0.717) is 0 Å². The van der Waals surface area contributed by atoms with E-state index < -0.39 is 10.8 Å². The molecule has 0 saturated carbocycles. The van der Waals surface area contributed by atoms with E-state index in [9.17, 15) is 14.9 Å². The first-order chi connectivity index (χ1) is 11.6. The van der Waals surface area contributed by atoms with Crippen LogP contribution < -0.4 is 5.32 Å². The minimum Gasteiger partial charge on any atom is -0.403 e. The maximum absolute atomic E-state index is 12.1. The number of carbonyl (C=O) groups excluding carboxylic acids is 1. The number of hydrogen-bond donors (Lipinski definition) is 1. The Morgan fingerprint density at radius 3 is 2.58 bits per heavy atom. The van der Waals surface area contributed by atoms with Gasteiger partial charge in [-0.1, -0.05) is 41.0 Å². The maximum atomic E-state index is 12.1. The highest BCUT2D eigenvalue weighted by atomic mass is 35.5. The van der Waals surface area contributed by atoms with Crippen molar-refractivity contribution in [3.63, 3.8) is 0 Å². The molecule has 24 heavy (non-hydrogen) atoms. The van der Waals surface area contributed by atoms with Crippen LogP contribution in [0.15, 0.2) is 52.9 Å². The number of halogens is 1. The molecule has 1 aromatic heterocycles. The quantitative estimate of drug-likeness (QED) is 0.572. The van der Waals surface area contributed by atoms with E-state index >= 15 is 0 Å². The summed E-state index contributed by atoms with van der Waals surface area (Å²) >= 11 is 5.94. The second-order valence-electron chi connectivity index (χ2n) is 4.62. The number of nitro groups is 1. The van der Waals surface area contributed by atoms with Gasteiger partial charge in [0.15, 0.2) is 0 Å². The summed E-state index contributed by atoms with van der Waals surface area (Å²) < 4.78 is 5.29. The van der Waals surface area contributed by atoms with Gasteiger partial charge in [-0.05, 0) is 18.2 Å². The summed E-state index contributed by atoms with van der Waals surface area (Å²) in [4.78, 5) is 22.6. The minimum absolute atomic E-state index is 0.0724. The molecular weight excluding hydrogens is 336 g/mol. The van der Waals surface area contributed by atoms with Crippen molar-refractivity contribution in [3.05, 3.63) is 69.2 Å². The molecule has 3 aromatic rings. The van der Waals surface area contributed by atoms with E-state index in [2.05, 4.69) is 15.5 Å². The van der Waals surface area contributed by atoms with Crippen molar-refractivity contribution < 1.29 is 14.1 Å². The minimum atomic E-state index is -0.554. The average molecular weight is 345 g/mol.